The first kappa shape index (κ1) is 30.3. The molecule has 6 heteroatoms. The van der Waals surface area contributed by atoms with Crippen LogP contribution in [0.5, 0.6) is 0 Å². The molecule has 0 unspecified atom stereocenters. The van der Waals surface area contributed by atoms with E-state index in [1.165, 1.54) is 43.2 Å². The second-order valence-corrected chi connectivity index (χ2v) is 11.8. The fraction of sp³-hybridized carbons (Fsp3) is 0.588. The number of rotatable bonds is 13. The van der Waals surface area contributed by atoms with E-state index in [0.29, 0.717) is 24.6 Å². The van der Waals surface area contributed by atoms with Crippen molar-refractivity contribution in [3.8, 4) is 0 Å². The lowest BCUT2D eigenvalue weighted by molar-refractivity contribution is -0.151. The van der Waals surface area contributed by atoms with Crippen LogP contribution in [0.3, 0.4) is 0 Å². The van der Waals surface area contributed by atoms with Crippen LogP contribution in [-0.2, 0) is 32.7 Å². The van der Waals surface area contributed by atoms with Gasteiger partial charge in [0.25, 0.3) is 0 Å². The second-order valence-electron chi connectivity index (χ2n) is 11.8. The van der Waals surface area contributed by atoms with E-state index in [-0.39, 0.29) is 29.4 Å². The number of hydrogen-bond acceptors (Lipinski definition) is 5. The number of carbonyl (C=O) groups is 2. The van der Waals surface area contributed by atoms with E-state index in [9.17, 15) is 9.59 Å². The lowest BCUT2D eigenvalue weighted by Crippen LogP contribution is -2.59. The van der Waals surface area contributed by atoms with Gasteiger partial charge in [0.2, 0.25) is 5.91 Å². The number of fused-ring (bicyclic) bond motifs is 1. The zero-order valence-electron chi connectivity index (χ0n) is 24.6. The number of methoxy groups -OCH3 is 1. The van der Waals surface area contributed by atoms with Gasteiger partial charge in [-0.05, 0) is 67.0 Å². The predicted molar refractivity (Wildman–Crippen MR) is 159 cm³/mol. The summed E-state index contributed by atoms with van der Waals surface area (Å²) in [6, 6.07) is 15.8. The average Bonchev–Trinajstić information content (AvgIpc) is 2.99. The molecule has 4 rings (SSSR count). The van der Waals surface area contributed by atoms with Crippen LogP contribution in [0.2, 0.25) is 0 Å². The van der Waals surface area contributed by atoms with E-state index < -0.39 is 5.91 Å². The summed E-state index contributed by atoms with van der Waals surface area (Å²) in [4.78, 5) is 25.4. The largest absolute Gasteiger partial charge is 0.461 e. The van der Waals surface area contributed by atoms with Crippen LogP contribution in [0.15, 0.2) is 48.5 Å². The van der Waals surface area contributed by atoms with Crippen molar-refractivity contribution in [3.05, 3.63) is 70.8 Å². The molecule has 1 fully saturated rings. The molecule has 0 heterocycles. The predicted octanol–water partition coefficient (Wildman–Crippen LogP) is 6.09. The van der Waals surface area contributed by atoms with E-state index in [4.69, 9.17) is 15.2 Å². The van der Waals surface area contributed by atoms with Gasteiger partial charge in [-0.15, -0.1) is 0 Å². The highest BCUT2D eigenvalue weighted by molar-refractivity contribution is 5.93. The zero-order valence-corrected chi connectivity index (χ0v) is 24.6. The standard InChI is InChI=1S/C34H48N2O4/c1-4-34(5-2)29-21-27(32(35)37)17-16-26(29)22-30(39-3)31(34)36-19-18-28(20-24-12-8-6-9-13-24)33(38)40-23-25-14-10-7-11-15-25/h7,10-11,14-17,21,24,28,30-31,36H,4-6,8-9,12-13,18-20,22-23H2,1-3H3,(H2,35,37)/t28-,30-,31-/m1/s1. The molecule has 0 bridgehead atoms. The summed E-state index contributed by atoms with van der Waals surface area (Å²) < 4.78 is 11.9. The molecule has 1 amide bonds. The molecule has 218 valence electrons. The maximum atomic E-state index is 13.4. The Morgan fingerprint density at radius 2 is 1.77 bits per heavy atom. The highest BCUT2D eigenvalue weighted by Gasteiger charge is 2.47. The van der Waals surface area contributed by atoms with Gasteiger partial charge in [-0.1, -0.05) is 82.3 Å². The summed E-state index contributed by atoms with van der Waals surface area (Å²) in [5.41, 5.74) is 9.44. The van der Waals surface area contributed by atoms with Crippen molar-refractivity contribution in [1.29, 1.82) is 0 Å². The summed E-state index contributed by atoms with van der Waals surface area (Å²) in [7, 11) is 1.78. The maximum Gasteiger partial charge on any atom is 0.309 e. The van der Waals surface area contributed by atoms with E-state index in [1.807, 2.05) is 48.5 Å². The van der Waals surface area contributed by atoms with Crippen LogP contribution in [0.1, 0.15) is 98.7 Å². The summed E-state index contributed by atoms with van der Waals surface area (Å²) >= 11 is 0. The molecule has 3 N–H and O–H groups in total. The Morgan fingerprint density at radius 1 is 1.05 bits per heavy atom. The Kier molecular flexibility index (Phi) is 10.8. The van der Waals surface area contributed by atoms with Gasteiger partial charge in [-0.3, -0.25) is 9.59 Å². The van der Waals surface area contributed by atoms with Crippen molar-refractivity contribution in [2.45, 2.75) is 102 Å². The smallest absolute Gasteiger partial charge is 0.309 e. The summed E-state index contributed by atoms with van der Waals surface area (Å²) in [5.74, 6) is -0.0251. The fourth-order valence-electron chi connectivity index (χ4n) is 7.26. The molecule has 0 saturated heterocycles. The Balaban J connectivity index is 1.50. The van der Waals surface area contributed by atoms with Gasteiger partial charge in [-0.2, -0.15) is 0 Å². The summed E-state index contributed by atoms with van der Waals surface area (Å²) in [6.45, 7) is 5.44. The summed E-state index contributed by atoms with van der Waals surface area (Å²) in [5, 5.41) is 3.85. The van der Waals surface area contributed by atoms with Crippen LogP contribution in [0.25, 0.3) is 0 Å². The van der Waals surface area contributed by atoms with Crippen molar-refractivity contribution >= 4 is 11.9 Å². The molecule has 40 heavy (non-hydrogen) atoms. The molecule has 0 aliphatic heterocycles. The van der Waals surface area contributed by atoms with Crippen LogP contribution in [0.4, 0.5) is 0 Å². The lowest BCUT2D eigenvalue weighted by atomic mass is 9.62. The molecule has 3 atom stereocenters. The van der Waals surface area contributed by atoms with Gasteiger partial charge in [-0.25, -0.2) is 0 Å². The molecule has 2 aliphatic carbocycles. The first-order valence-corrected chi connectivity index (χ1v) is 15.3. The van der Waals surface area contributed by atoms with E-state index in [0.717, 1.165) is 37.7 Å². The molecule has 2 aromatic rings. The van der Waals surface area contributed by atoms with Crippen molar-refractivity contribution in [2.75, 3.05) is 13.7 Å². The van der Waals surface area contributed by atoms with Gasteiger partial charge < -0.3 is 20.5 Å². The van der Waals surface area contributed by atoms with Crippen molar-refractivity contribution < 1.29 is 19.1 Å². The molecule has 0 spiro atoms. The number of nitrogens with one attached hydrogen (secondary N) is 1. The zero-order chi connectivity index (χ0) is 28.5. The van der Waals surface area contributed by atoms with Crippen molar-refractivity contribution in [3.63, 3.8) is 0 Å². The van der Waals surface area contributed by atoms with Gasteiger partial charge in [0, 0.05) is 30.6 Å². The van der Waals surface area contributed by atoms with E-state index in [1.54, 1.807) is 7.11 Å². The number of esters is 1. The van der Waals surface area contributed by atoms with Crippen LogP contribution >= 0.6 is 0 Å². The number of ether oxygens (including phenoxy) is 2. The molecular weight excluding hydrogens is 500 g/mol. The van der Waals surface area contributed by atoms with Crippen LogP contribution in [0, 0.1) is 11.8 Å². The van der Waals surface area contributed by atoms with Gasteiger partial charge in [0.15, 0.2) is 0 Å². The van der Waals surface area contributed by atoms with Gasteiger partial charge in [0.05, 0.1) is 12.0 Å². The maximum absolute atomic E-state index is 13.4. The number of carbonyl (C=O) groups excluding carboxylic acids is 2. The average molecular weight is 549 g/mol. The quantitative estimate of drug-likeness (QED) is 0.296. The van der Waals surface area contributed by atoms with Crippen molar-refractivity contribution in [2.24, 2.45) is 17.6 Å². The van der Waals surface area contributed by atoms with E-state index in [2.05, 4.69) is 19.2 Å². The fourth-order valence-corrected chi connectivity index (χ4v) is 7.26. The lowest BCUT2D eigenvalue weighted by Gasteiger charge is -2.49. The monoisotopic (exact) mass is 548 g/mol. The minimum Gasteiger partial charge on any atom is -0.461 e. The first-order chi connectivity index (χ1) is 19.4. The molecule has 0 radical (unpaired) electrons. The molecular formula is C34H48N2O4. The number of benzene rings is 2. The minimum atomic E-state index is -0.401. The Hall–Kier alpha value is -2.70. The topological polar surface area (TPSA) is 90.7 Å². The number of nitrogens with two attached hydrogens (primary N) is 1. The third-order valence-electron chi connectivity index (χ3n) is 9.64. The molecule has 6 nitrogen and oxygen atoms in total. The van der Waals surface area contributed by atoms with E-state index >= 15 is 0 Å². The SMILES string of the molecule is CCC1(CC)c2cc(C(N)=O)ccc2C[C@@H](OC)[C@H]1NCC[C@H](CC1CCCCC1)C(=O)OCc1ccccc1. The number of primary amides is 1. The molecule has 2 aliphatic rings. The number of hydrogen-bond donors (Lipinski definition) is 2. The Bertz CT molecular complexity index is 1110. The van der Waals surface area contributed by atoms with Crippen LogP contribution < -0.4 is 11.1 Å². The summed E-state index contributed by atoms with van der Waals surface area (Å²) in [6.07, 6.45) is 10.4. The van der Waals surface area contributed by atoms with Gasteiger partial charge in [0.1, 0.15) is 6.61 Å². The van der Waals surface area contributed by atoms with Gasteiger partial charge >= 0.3 is 5.97 Å². The third-order valence-corrected chi connectivity index (χ3v) is 9.64. The molecule has 1 saturated carbocycles. The first-order valence-electron chi connectivity index (χ1n) is 15.3. The molecule has 0 aromatic heterocycles. The highest BCUT2D eigenvalue weighted by Crippen LogP contribution is 2.44. The number of amides is 1. The highest BCUT2D eigenvalue weighted by atomic mass is 16.5. The second kappa shape index (κ2) is 14.3. The minimum absolute atomic E-state index is 0.00588. The Morgan fingerprint density at radius 3 is 2.42 bits per heavy atom. The van der Waals surface area contributed by atoms with Crippen LogP contribution in [-0.4, -0.2) is 37.7 Å². The Labute approximate surface area is 240 Å². The normalized spacial score (nSPS) is 21.4. The van der Waals surface area contributed by atoms with Crippen molar-refractivity contribution in [1.82, 2.24) is 5.32 Å². The molecule has 2 aromatic carbocycles. The third kappa shape index (κ3) is 6.95.